The first-order valence-corrected chi connectivity index (χ1v) is 6.43. The summed E-state index contributed by atoms with van der Waals surface area (Å²) in [5, 5.41) is 0. The minimum atomic E-state index is -0.431. The third-order valence-electron chi connectivity index (χ3n) is 2.07. The van der Waals surface area contributed by atoms with Crippen molar-refractivity contribution < 1.29 is 9.59 Å². The van der Waals surface area contributed by atoms with Crippen molar-refractivity contribution in [1.29, 1.82) is 0 Å². The average molecular weight is 376 g/mol. The van der Waals surface area contributed by atoms with Gasteiger partial charge in [-0.1, -0.05) is 0 Å². The predicted molar refractivity (Wildman–Crippen MR) is 71.9 cm³/mol. The van der Waals surface area contributed by atoms with Gasteiger partial charge in [-0.05, 0) is 44.0 Å². The monoisotopic (exact) mass is 374 g/mol. The Bertz CT molecular complexity index is 538. The van der Waals surface area contributed by atoms with E-state index in [1.807, 2.05) is 0 Å². The van der Waals surface area contributed by atoms with Crippen LogP contribution < -0.4 is 10.9 Å². The number of aromatic amines is 2. The summed E-state index contributed by atoms with van der Waals surface area (Å²) in [4.78, 5) is 28.7. The highest BCUT2D eigenvalue weighted by atomic mass is 79.9. The number of carbonyl (C=O) groups excluding carboxylic acids is 2. The third kappa shape index (κ3) is 3.02. The number of nitrogens with one attached hydrogen (secondary N) is 4. The summed E-state index contributed by atoms with van der Waals surface area (Å²) in [6.07, 6.45) is 3.25. The number of H-pyrrole nitrogens is 2. The van der Waals surface area contributed by atoms with Crippen LogP contribution in [0.25, 0.3) is 0 Å². The van der Waals surface area contributed by atoms with E-state index in [2.05, 4.69) is 52.7 Å². The third-order valence-corrected chi connectivity index (χ3v) is 2.99. The van der Waals surface area contributed by atoms with Crippen LogP contribution in [-0.2, 0) is 0 Å². The van der Waals surface area contributed by atoms with Crippen LogP contribution in [0.15, 0.2) is 33.5 Å². The fourth-order valence-electron chi connectivity index (χ4n) is 1.25. The van der Waals surface area contributed by atoms with Gasteiger partial charge in [-0.25, -0.2) is 0 Å². The van der Waals surface area contributed by atoms with Crippen LogP contribution in [0.5, 0.6) is 0 Å². The molecule has 8 heteroatoms. The Morgan fingerprint density at radius 1 is 0.889 bits per heavy atom. The van der Waals surface area contributed by atoms with E-state index in [9.17, 15) is 9.59 Å². The first-order valence-electron chi connectivity index (χ1n) is 4.85. The lowest BCUT2D eigenvalue weighted by Gasteiger charge is -2.04. The standard InChI is InChI=1S/C10H8Br2N4O2/c11-5-1-7(13-3-5)9(17)15-16-10(18)8-2-6(12)4-14-8/h1-4,13-14H,(H,15,17)(H,16,18). The second kappa shape index (κ2) is 5.40. The molecule has 0 fully saturated rings. The number of hydrogen-bond donors (Lipinski definition) is 4. The second-order valence-corrected chi connectivity index (χ2v) is 5.20. The molecule has 6 nitrogen and oxygen atoms in total. The lowest BCUT2D eigenvalue weighted by Crippen LogP contribution is -2.41. The molecule has 0 unspecified atom stereocenters. The zero-order valence-corrected chi connectivity index (χ0v) is 12.1. The van der Waals surface area contributed by atoms with Crippen LogP contribution in [0.2, 0.25) is 0 Å². The molecule has 4 N–H and O–H groups in total. The SMILES string of the molecule is O=C(NNC(=O)c1cc(Br)c[nH]1)c1cc(Br)c[nH]1. The molecule has 0 aliphatic carbocycles. The van der Waals surface area contributed by atoms with Gasteiger partial charge in [-0.15, -0.1) is 0 Å². The van der Waals surface area contributed by atoms with Crippen LogP contribution in [0, 0.1) is 0 Å². The molecule has 0 saturated heterocycles. The summed E-state index contributed by atoms with van der Waals surface area (Å²) in [6.45, 7) is 0. The summed E-state index contributed by atoms with van der Waals surface area (Å²) in [7, 11) is 0. The van der Waals surface area contributed by atoms with Crippen LogP contribution in [-0.4, -0.2) is 21.8 Å². The summed E-state index contributed by atoms with van der Waals surface area (Å²) in [5.41, 5.74) is 5.27. The number of rotatable bonds is 2. The maximum absolute atomic E-state index is 11.6. The van der Waals surface area contributed by atoms with E-state index in [0.29, 0.717) is 11.4 Å². The Kier molecular flexibility index (Phi) is 3.87. The van der Waals surface area contributed by atoms with Gasteiger partial charge in [0.1, 0.15) is 11.4 Å². The van der Waals surface area contributed by atoms with Crippen molar-refractivity contribution in [3.63, 3.8) is 0 Å². The van der Waals surface area contributed by atoms with E-state index < -0.39 is 11.8 Å². The van der Waals surface area contributed by atoms with Crippen molar-refractivity contribution in [3.05, 3.63) is 44.9 Å². The molecule has 0 aliphatic rings. The summed E-state index contributed by atoms with van der Waals surface area (Å²) in [6, 6.07) is 3.21. The van der Waals surface area contributed by atoms with E-state index >= 15 is 0 Å². The maximum atomic E-state index is 11.6. The van der Waals surface area contributed by atoms with Gasteiger partial charge in [0.05, 0.1) is 0 Å². The van der Waals surface area contributed by atoms with Crippen LogP contribution in [0.3, 0.4) is 0 Å². The van der Waals surface area contributed by atoms with Crippen molar-refractivity contribution >= 4 is 43.7 Å². The van der Waals surface area contributed by atoms with Gasteiger partial charge in [-0.3, -0.25) is 20.4 Å². The van der Waals surface area contributed by atoms with Crippen molar-refractivity contribution in [3.8, 4) is 0 Å². The molecule has 2 aromatic heterocycles. The Morgan fingerprint density at radius 3 is 1.56 bits per heavy atom. The fraction of sp³-hybridized carbons (Fsp3) is 0. The Hall–Kier alpha value is -1.54. The molecule has 0 spiro atoms. The van der Waals surface area contributed by atoms with E-state index in [1.165, 1.54) is 0 Å². The highest BCUT2D eigenvalue weighted by Gasteiger charge is 2.11. The fourth-order valence-corrected chi connectivity index (χ4v) is 1.93. The molecule has 2 heterocycles. The molecule has 0 bridgehead atoms. The van der Waals surface area contributed by atoms with E-state index in [4.69, 9.17) is 0 Å². The van der Waals surface area contributed by atoms with Crippen LogP contribution in [0.4, 0.5) is 0 Å². The molecule has 2 rings (SSSR count). The van der Waals surface area contributed by atoms with E-state index in [1.54, 1.807) is 24.5 Å². The minimum absolute atomic E-state index is 0.342. The number of hydrogen-bond acceptors (Lipinski definition) is 2. The Morgan fingerprint density at radius 2 is 1.28 bits per heavy atom. The zero-order valence-electron chi connectivity index (χ0n) is 8.88. The molecule has 0 atom stereocenters. The lowest BCUT2D eigenvalue weighted by atomic mass is 10.4. The second-order valence-electron chi connectivity index (χ2n) is 3.37. The van der Waals surface area contributed by atoms with Crippen LogP contribution in [0.1, 0.15) is 21.0 Å². The molecule has 2 aromatic rings. The molecule has 0 saturated carbocycles. The summed E-state index contributed by atoms with van der Waals surface area (Å²) < 4.78 is 1.51. The van der Waals surface area contributed by atoms with Crippen molar-refractivity contribution in [1.82, 2.24) is 20.8 Å². The highest BCUT2D eigenvalue weighted by molar-refractivity contribution is 9.10. The summed E-state index contributed by atoms with van der Waals surface area (Å²) >= 11 is 6.42. The first kappa shape index (κ1) is 12.9. The molecular formula is C10H8Br2N4O2. The number of carbonyl (C=O) groups is 2. The smallest absolute Gasteiger partial charge is 0.286 e. The molecule has 0 aromatic carbocycles. The zero-order chi connectivity index (χ0) is 13.1. The molecule has 0 aliphatic heterocycles. The van der Waals surface area contributed by atoms with Crippen molar-refractivity contribution in [2.24, 2.45) is 0 Å². The number of halogens is 2. The van der Waals surface area contributed by atoms with Gasteiger partial charge in [0.25, 0.3) is 11.8 Å². The van der Waals surface area contributed by atoms with E-state index in [-0.39, 0.29) is 0 Å². The maximum Gasteiger partial charge on any atom is 0.286 e. The predicted octanol–water partition coefficient (Wildman–Crippen LogP) is 1.94. The molecular weight excluding hydrogens is 368 g/mol. The Balaban J connectivity index is 1.92. The van der Waals surface area contributed by atoms with Gasteiger partial charge in [-0.2, -0.15) is 0 Å². The minimum Gasteiger partial charge on any atom is -0.356 e. The van der Waals surface area contributed by atoms with Gasteiger partial charge in [0.2, 0.25) is 0 Å². The Labute approximate surface area is 119 Å². The number of aromatic nitrogens is 2. The highest BCUT2D eigenvalue weighted by Crippen LogP contribution is 2.11. The van der Waals surface area contributed by atoms with Gasteiger partial charge >= 0.3 is 0 Å². The van der Waals surface area contributed by atoms with Gasteiger partial charge in [0, 0.05) is 21.3 Å². The summed E-state index contributed by atoms with van der Waals surface area (Å²) in [5.74, 6) is -0.862. The molecule has 18 heavy (non-hydrogen) atoms. The van der Waals surface area contributed by atoms with E-state index in [0.717, 1.165) is 8.95 Å². The van der Waals surface area contributed by atoms with Gasteiger partial charge < -0.3 is 9.97 Å². The largest absolute Gasteiger partial charge is 0.356 e. The van der Waals surface area contributed by atoms with Crippen molar-refractivity contribution in [2.75, 3.05) is 0 Å². The molecule has 94 valence electrons. The number of hydrazine groups is 1. The average Bonchev–Trinajstić information content (AvgIpc) is 2.94. The number of amides is 2. The van der Waals surface area contributed by atoms with Crippen molar-refractivity contribution in [2.45, 2.75) is 0 Å². The topological polar surface area (TPSA) is 89.8 Å². The normalized spacial score (nSPS) is 10.1. The lowest BCUT2D eigenvalue weighted by molar-refractivity contribution is 0.0842. The van der Waals surface area contributed by atoms with Gasteiger partial charge in [0.15, 0.2) is 0 Å². The first-order chi connectivity index (χ1) is 8.56. The quantitative estimate of drug-likeness (QED) is 0.604. The molecule has 0 radical (unpaired) electrons. The molecule has 2 amide bonds. The van der Waals surface area contributed by atoms with Crippen LogP contribution >= 0.6 is 31.9 Å².